The maximum Gasteiger partial charge on any atom is 0.336 e. The lowest BCUT2D eigenvalue weighted by Gasteiger charge is -2.40. The molecule has 1 saturated carbocycles. The van der Waals surface area contributed by atoms with Crippen LogP contribution in [0.15, 0.2) is 85.5 Å². The summed E-state index contributed by atoms with van der Waals surface area (Å²) >= 11 is 6.70. The topological polar surface area (TPSA) is 152 Å². The summed E-state index contributed by atoms with van der Waals surface area (Å²) in [5.41, 5.74) is 17.2. The van der Waals surface area contributed by atoms with Gasteiger partial charge in [-0.2, -0.15) is 5.26 Å². The summed E-state index contributed by atoms with van der Waals surface area (Å²) in [5.74, 6) is -0.221. The van der Waals surface area contributed by atoms with Crippen LogP contribution in [0.4, 0.5) is 10.5 Å². The lowest BCUT2D eigenvalue weighted by atomic mass is 9.89. The Hall–Kier alpha value is -5.35. The molecule has 6 rings (SSSR count). The van der Waals surface area contributed by atoms with Crippen molar-refractivity contribution < 1.29 is 14.3 Å². The van der Waals surface area contributed by atoms with E-state index in [1.54, 1.807) is 53.6 Å². The van der Waals surface area contributed by atoms with Crippen molar-refractivity contribution in [2.45, 2.75) is 30.5 Å². The molecule has 2 aliphatic carbocycles. The molecule has 0 radical (unpaired) electrons. The van der Waals surface area contributed by atoms with Gasteiger partial charge in [-0.05, 0) is 89.8 Å². The zero-order valence-electron chi connectivity index (χ0n) is 28.0. The van der Waals surface area contributed by atoms with E-state index in [-0.39, 0.29) is 18.0 Å². The Morgan fingerprint density at radius 2 is 1.92 bits per heavy atom. The number of carbonyl (C=O) groups excluding carboxylic acids is 2. The second-order valence-electron chi connectivity index (χ2n) is 12.5. The van der Waals surface area contributed by atoms with E-state index in [0.717, 1.165) is 28.0 Å². The molecule has 2 fully saturated rings. The van der Waals surface area contributed by atoms with Gasteiger partial charge in [0.25, 0.3) is 5.91 Å². The van der Waals surface area contributed by atoms with Crippen LogP contribution in [0.3, 0.4) is 0 Å². The van der Waals surface area contributed by atoms with Crippen molar-refractivity contribution in [3.63, 3.8) is 0 Å². The number of methoxy groups -OCH3 is 1. The van der Waals surface area contributed by atoms with Gasteiger partial charge in [-0.25, -0.2) is 4.79 Å². The normalized spacial score (nSPS) is 18.6. The van der Waals surface area contributed by atoms with Crippen molar-refractivity contribution in [1.29, 1.82) is 5.26 Å². The third-order valence-corrected chi connectivity index (χ3v) is 9.83. The highest BCUT2D eigenvalue weighted by Crippen LogP contribution is 2.44. The molecule has 12 nitrogen and oxygen atoms in total. The number of piperazine rings is 1. The van der Waals surface area contributed by atoms with Gasteiger partial charge in [0.2, 0.25) is 0 Å². The fourth-order valence-corrected chi connectivity index (χ4v) is 6.72. The highest BCUT2D eigenvalue weighted by atomic mass is 35.5. The van der Waals surface area contributed by atoms with Gasteiger partial charge in [0.15, 0.2) is 0 Å². The summed E-state index contributed by atoms with van der Waals surface area (Å²) in [5, 5.41) is 12.8. The number of likely N-dealkylation sites (N-methyl/N-ethyl adjacent to an activating group) is 1. The van der Waals surface area contributed by atoms with Gasteiger partial charge in [-0.1, -0.05) is 30.3 Å². The van der Waals surface area contributed by atoms with Crippen molar-refractivity contribution in [1.82, 2.24) is 30.4 Å². The number of rotatable bonds is 10. The third kappa shape index (κ3) is 6.89. The Balaban J connectivity index is 1.31. The lowest BCUT2D eigenvalue weighted by molar-refractivity contribution is -0.133. The molecule has 50 heavy (non-hydrogen) atoms. The van der Waals surface area contributed by atoms with Crippen LogP contribution in [0.5, 0.6) is 0 Å². The molecule has 0 unspecified atom stereocenters. The Kier molecular flexibility index (Phi) is 10.1. The standard InChI is InChI=1S/C37H40ClN9O3/c1-4-45(2)31(23-40)33(42-35(48)37(50-3)13-14-37)30-20-25-6-5-15-41-32(25)34(28-12-9-26(38)21-29(28)30)46-16-18-47(19-17-46)36(49)44-43-27-10-7-24(22-39)8-11-27/h4-12,15,20-21,23,33-34,43H,1,13-14,16-19,40H2,2-3H3,(H,42,48)(H,44,49)/b31-23-/t33-,34+/m1/s1. The molecule has 258 valence electrons. The van der Waals surface area contributed by atoms with Gasteiger partial charge < -0.3 is 25.6 Å². The maximum atomic E-state index is 13.7. The first-order valence-corrected chi connectivity index (χ1v) is 16.7. The number of anilines is 1. The van der Waals surface area contributed by atoms with Gasteiger partial charge in [0.05, 0.1) is 40.8 Å². The fraction of sp³-hybridized carbons (Fsp3) is 0.297. The molecule has 2 aromatic carbocycles. The Bertz CT molecular complexity index is 1880. The Labute approximate surface area is 296 Å². The van der Waals surface area contributed by atoms with E-state index in [4.69, 9.17) is 32.3 Å². The van der Waals surface area contributed by atoms with Gasteiger partial charge in [-0.3, -0.25) is 25.5 Å². The summed E-state index contributed by atoms with van der Waals surface area (Å²) in [6.07, 6.45) is 8.22. The minimum absolute atomic E-state index is 0.221. The second-order valence-corrected chi connectivity index (χ2v) is 12.9. The number of nitrogens with zero attached hydrogens (tertiary/aromatic N) is 5. The van der Waals surface area contributed by atoms with Crippen LogP contribution in [0.2, 0.25) is 5.02 Å². The predicted molar refractivity (Wildman–Crippen MR) is 193 cm³/mol. The third-order valence-electron chi connectivity index (χ3n) is 9.60. The highest BCUT2D eigenvalue weighted by Gasteiger charge is 2.51. The molecule has 1 aliphatic heterocycles. The van der Waals surface area contributed by atoms with E-state index >= 15 is 0 Å². The number of nitrogens with two attached hydrogens (primary N) is 1. The van der Waals surface area contributed by atoms with E-state index in [2.05, 4.69) is 33.7 Å². The Morgan fingerprint density at radius 3 is 2.56 bits per heavy atom. The number of ether oxygens (including phenoxy) is 1. The number of aromatic nitrogens is 1. The zero-order chi connectivity index (χ0) is 35.4. The van der Waals surface area contributed by atoms with Crippen LogP contribution in [0.25, 0.3) is 11.6 Å². The van der Waals surface area contributed by atoms with E-state index in [0.29, 0.717) is 61.0 Å². The van der Waals surface area contributed by atoms with E-state index in [1.807, 2.05) is 43.5 Å². The summed E-state index contributed by atoms with van der Waals surface area (Å²) in [6, 6.07) is 17.4. The molecule has 2 atom stereocenters. The molecule has 3 aliphatic rings. The lowest BCUT2D eigenvalue weighted by Crippen LogP contribution is -2.53. The molecule has 5 N–H and O–H groups in total. The van der Waals surface area contributed by atoms with E-state index < -0.39 is 11.6 Å². The van der Waals surface area contributed by atoms with Crippen LogP contribution in [-0.4, -0.2) is 83.6 Å². The first-order valence-electron chi connectivity index (χ1n) is 16.4. The molecular weight excluding hydrogens is 654 g/mol. The maximum absolute atomic E-state index is 13.7. The number of halogens is 1. The quantitative estimate of drug-likeness (QED) is 0.226. The number of hydrogen-bond donors (Lipinski definition) is 4. The van der Waals surface area contributed by atoms with Crippen molar-refractivity contribution in [2.24, 2.45) is 5.73 Å². The number of nitrogens with one attached hydrogen (secondary N) is 3. The number of nitriles is 1. The number of urea groups is 1. The minimum atomic E-state index is -0.876. The van der Waals surface area contributed by atoms with Gasteiger partial charge in [0, 0.05) is 57.8 Å². The van der Waals surface area contributed by atoms with Crippen LogP contribution >= 0.6 is 11.6 Å². The molecule has 3 amide bonds. The van der Waals surface area contributed by atoms with E-state index in [1.165, 1.54) is 6.20 Å². The SMILES string of the molecule is C=CN(C)/C(=C\N)[C@H](NC(=O)C1(OC)CC1)C1=Cc2cccnc2[C@@H](N2CCN(C(=O)NNc3ccc(C#N)cc3)CC2)c2ccc(Cl)cc21. The number of pyridine rings is 1. The smallest absolute Gasteiger partial charge is 0.336 e. The number of amides is 3. The van der Waals surface area contributed by atoms with Crippen molar-refractivity contribution in [2.75, 3.05) is 45.8 Å². The summed E-state index contributed by atoms with van der Waals surface area (Å²) in [4.78, 5) is 37.6. The highest BCUT2D eigenvalue weighted by molar-refractivity contribution is 6.30. The average Bonchev–Trinajstić information content (AvgIpc) is 3.97. The largest absolute Gasteiger partial charge is 0.403 e. The summed E-state index contributed by atoms with van der Waals surface area (Å²) < 4.78 is 5.64. The van der Waals surface area contributed by atoms with Crippen molar-refractivity contribution >= 4 is 40.9 Å². The molecule has 2 heterocycles. The molecular formula is C37H40ClN9O3. The van der Waals surface area contributed by atoms with Crippen LogP contribution < -0.4 is 21.9 Å². The minimum Gasteiger partial charge on any atom is -0.403 e. The number of carbonyl (C=O) groups is 2. The summed E-state index contributed by atoms with van der Waals surface area (Å²) in [7, 11) is 3.39. The van der Waals surface area contributed by atoms with Crippen molar-refractivity contribution in [3.05, 3.63) is 118 Å². The predicted octanol–water partition coefficient (Wildman–Crippen LogP) is 4.44. The average molecular weight is 694 g/mol. The molecule has 1 aromatic heterocycles. The first kappa shape index (κ1) is 34.5. The number of fused-ring (bicyclic) bond motifs is 2. The second kappa shape index (κ2) is 14.6. The van der Waals surface area contributed by atoms with Gasteiger partial charge in [0.1, 0.15) is 5.60 Å². The zero-order valence-corrected chi connectivity index (χ0v) is 28.8. The number of hydrogen-bond acceptors (Lipinski definition) is 9. The first-order chi connectivity index (χ1) is 24.2. The molecule has 3 aromatic rings. The number of benzene rings is 2. The van der Waals surface area contributed by atoms with Crippen molar-refractivity contribution in [3.8, 4) is 6.07 Å². The molecule has 0 spiro atoms. The molecule has 1 saturated heterocycles. The number of hydrazine groups is 1. The monoisotopic (exact) mass is 693 g/mol. The molecule has 0 bridgehead atoms. The summed E-state index contributed by atoms with van der Waals surface area (Å²) in [6.45, 7) is 6.04. The van der Waals surface area contributed by atoms with Crippen LogP contribution in [0.1, 0.15) is 46.8 Å². The van der Waals surface area contributed by atoms with E-state index in [9.17, 15) is 9.59 Å². The van der Waals surface area contributed by atoms with Crippen LogP contribution in [0, 0.1) is 11.3 Å². The van der Waals surface area contributed by atoms with Gasteiger partial charge >= 0.3 is 6.03 Å². The van der Waals surface area contributed by atoms with Gasteiger partial charge in [-0.15, -0.1) is 0 Å². The Morgan fingerprint density at radius 1 is 1.18 bits per heavy atom. The molecule has 13 heteroatoms. The fourth-order valence-electron chi connectivity index (χ4n) is 6.55. The van der Waals surface area contributed by atoms with Crippen LogP contribution in [-0.2, 0) is 9.53 Å².